The molecule has 51 heavy (non-hydrogen) atoms. The molecule has 3 fully saturated rings. The first-order valence-corrected chi connectivity index (χ1v) is 17.0. The highest BCUT2D eigenvalue weighted by molar-refractivity contribution is 6.35. The number of carbonyl (C=O) groups excluding carboxylic acids is 1. The Morgan fingerprint density at radius 2 is 1.69 bits per heavy atom. The molecule has 268 valence electrons. The van der Waals surface area contributed by atoms with Crippen molar-refractivity contribution in [3.8, 4) is 11.5 Å². The number of hydrogen-bond acceptors (Lipinski definition) is 7. The highest BCUT2D eigenvalue weighted by Crippen LogP contribution is 2.40. The lowest BCUT2D eigenvalue weighted by atomic mass is 9.83. The normalized spacial score (nSPS) is 18.6. The molecule has 0 saturated carbocycles. The predicted molar refractivity (Wildman–Crippen MR) is 184 cm³/mol. The molecule has 1 aromatic heterocycles. The first-order chi connectivity index (χ1) is 24.5. The van der Waals surface area contributed by atoms with Crippen LogP contribution in [0.15, 0.2) is 67.0 Å². The third-order valence-corrected chi connectivity index (χ3v) is 10.3. The van der Waals surface area contributed by atoms with Gasteiger partial charge in [0.2, 0.25) is 12.4 Å². The molecule has 2 N–H and O–H groups in total. The zero-order valence-corrected chi connectivity index (χ0v) is 29.3. The lowest BCUT2D eigenvalue weighted by Crippen LogP contribution is -2.53. The second kappa shape index (κ2) is 15.3. The molecule has 14 heteroatoms. The van der Waals surface area contributed by atoms with Crippen molar-refractivity contribution in [2.24, 2.45) is 5.92 Å². The smallest absolute Gasteiger partial charge is 0.415 e. The standard InChI is InChI=1S/C37H35Cl2F2N3O7/c1-49-32-8-7-23(15-33(32)50-2)24(16-26-28(38)18-43(48)19-29(26)39)25-13-21(14-27(35(25)41)36(45)46)17-44(31-6-4-3-5-30(31)40)37(47)51-34-20-42-11-9-22(34)10-12-42/h3-8,13-15,18-19,22,24,34H,9-12,16-17,20H2,1-2H3,(H-,45,46,48)/p+1/t24-,34-/m0/s1. The molecule has 3 aliphatic rings. The summed E-state index contributed by atoms with van der Waals surface area (Å²) in [4.78, 5) is 29.8. The third kappa shape index (κ3) is 7.68. The van der Waals surface area contributed by atoms with Crippen LogP contribution in [0.4, 0.5) is 19.3 Å². The van der Waals surface area contributed by atoms with Crippen LogP contribution in [0.5, 0.6) is 11.5 Å². The summed E-state index contributed by atoms with van der Waals surface area (Å²) >= 11 is 13.0. The number of nitrogens with zero attached hydrogens (tertiary/aromatic N) is 3. The molecule has 2 bridgehead atoms. The summed E-state index contributed by atoms with van der Waals surface area (Å²) in [7, 11) is 2.91. The van der Waals surface area contributed by atoms with E-state index in [0.717, 1.165) is 36.9 Å². The molecule has 4 heterocycles. The zero-order chi connectivity index (χ0) is 36.4. The zero-order valence-electron chi connectivity index (χ0n) is 27.8. The number of aromatic nitrogens is 1. The van der Waals surface area contributed by atoms with E-state index in [9.17, 15) is 19.9 Å². The maximum Gasteiger partial charge on any atom is 0.415 e. The molecule has 1 amide bonds. The fourth-order valence-corrected chi connectivity index (χ4v) is 7.57. The summed E-state index contributed by atoms with van der Waals surface area (Å²) in [5.74, 6) is -3.30. The van der Waals surface area contributed by atoms with E-state index in [0.29, 0.717) is 33.9 Å². The van der Waals surface area contributed by atoms with Gasteiger partial charge in [0.15, 0.2) is 11.5 Å². The Morgan fingerprint density at radius 1 is 1.00 bits per heavy atom. The Labute approximate surface area is 303 Å². The van der Waals surface area contributed by atoms with Crippen molar-refractivity contribution < 1.29 is 47.6 Å². The van der Waals surface area contributed by atoms with E-state index in [2.05, 4.69) is 4.90 Å². The lowest BCUT2D eigenvalue weighted by molar-refractivity contribution is -0.904. The number of pyridine rings is 1. The van der Waals surface area contributed by atoms with Gasteiger partial charge in [-0.2, -0.15) is 0 Å². The number of carboxylic acids is 1. The molecule has 3 aromatic carbocycles. The molecule has 10 nitrogen and oxygen atoms in total. The fraction of sp³-hybridized carbons (Fsp3) is 0.324. The monoisotopic (exact) mass is 742 g/mol. The topological polar surface area (TPSA) is 113 Å². The number of para-hydroxylation sites is 1. The van der Waals surface area contributed by atoms with Crippen molar-refractivity contribution in [2.45, 2.75) is 37.8 Å². The third-order valence-electron chi connectivity index (χ3n) is 9.61. The van der Waals surface area contributed by atoms with Gasteiger partial charge in [0.05, 0.1) is 32.0 Å². The van der Waals surface area contributed by atoms with Gasteiger partial charge in [-0.1, -0.05) is 47.5 Å². The molecule has 0 unspecified atom stereocenters. The molecular formula is C37H36Cl2F2N3O7+. The number of amides is 1. The average Bonchev–Trinajstić information content (AvgIpc) is 3.11. The van der Waals surface area contributed by atoms with E-state index in [1.165, 1.54) is 50.9 Å². The summed E-state index contributed by atoms with van der Waals surface area (Å²) in [5.41, 5.74) is 0.222. The Hall–Kier alpha value is -4.65. The van der Waals surface area contributed by atoms with Crippen LogP contribution in [0, 0.1) is 17.6 Å². The highest BCUT2D eigenvalue weighted by atomic mass is 35.5. The van der Waals surface area contributed by atoms with Gasteiger partial charge in [0, 0.05) is 22.8 Å². The van der Waals surface area contributed by atoms with Gasteiger partial charge in [-0.25, -0.2) is 18.4 Å². The maximum absolute atomic E-state index is 16.5. The maximum atomic E-state index is 16.5. The minimum absolute atomic E-state index is 0.0495. The number of carboxylic acid groups (broad SMARTS) is 1. The molecule has 0 radical (unpaired) electrons. The molecular weight excluding hydrogens is 707 g/mol. The molecule has 2 atom stereocenters. The van der Waals surface area contributed by atoms with Gasteiger partial charge in [0.1, 0.15) is 27.8 Å². The van der Waals surface area contributed by atoms with Gasteiger partial charge in [-0.15, -0.1) is 0 Å². The minimum Gasteiger partial charge on any atom is -0.493 e. The summed E-state index contributed by atoms with van der Waals surface area (Å²) in [5, 5.41) is 20.3. The fourth-order valence-electron chi connectivity index (χ4n) is 6.96. The van der Waals surface area contributed by atoms with E-state index >= 15 is 8.78 Å². The summed E-state index contributed by atoms with van der Waals surface area (Å²) in [6.45, 7) is 2.07. The van der Waals surface area contributed by atoms with Gasteiger partial charge in [-0.05, 0) is 85.3 Å². The van der Waals surface area contributed by atoms with E-state index < -0.39 is 35.2 Å². The molecule has 3 saturated heterocycles. The van der Waals surface area contributed by atoms with Gasteiger partial charge >= 0.3 is 12.1 Å². The van der Waals surface area contributed by atoms with Crippen LogP contribution < -0.4 is 19.1 Å². The Bertz CT molecular complexity index is 1930. The number of halogens is 4. The number of fused-ring (bicyclic) bond motifs is 3. The van der Waals surface area contributed by atoms with Crippen molar-refractivity contribution in [3.63, 3.8) is 0 Å². The number of ether oxygens (including phenoxy) is 3. The van der Waals surface area contributed by atoms with Crippen molar-refractivity contribution >= 4 is 41.0 Å². The molecule has 0 aliphatic carbocycles. The number of hydrogen-bond donors (Lipinski definition) is 2. The van der Waals surface area contributed by atoms with Crippen molar-refractivity contribution in [1.29, 1.82) is 0 Å². The van der Waals surface area contributed by atoms with E-state index in [4.69, 9.17) is 37.4 Å². The average molecular weight is 744 g/mol. The van der Waals surface area contributed by atoms with Crippen LogP contribution in [-0.4, -0.2) is 67.2 Å². The number of aromatic carboxylic acids is 1. The quantitative estimate of drug-likeness (QED) is 0.123. The number of methoxy groups -OCH3 is 2. The van der Waals surface area contributed by atoms with Crippen molar-refractivity contribution in [3.05, 3.63) is 116 Å². The number of piperidine rings is 3. The van der Waals surface area contributed by atoms with Crippen LogP contribution in [0.1, 0.15) is 51.4 Å². The van der Waals surface area contributed by atoms with Crippen LogP contribution in [0.2, 0.25) is 10.0 Å². The Kier molecular flexibility index (Phi) is 10.8. The second-order valence-electron chi connectivity index (χ2n) is 12.6. The minimum atomic E-state index is -1.55. The number of benzene rings is 3. The summed E-state index contributed by atoms with van der Waals surface area (Å²) in [6.07, 6.45) is 2.96. The Balaban J connectivity index is 1.46. The van der Waals surface area contributed by atoms with E-state index in [1.54, 1.807) is 24.3 Å². The lowest BCUT2D eigenvalue weighted by Gasteiger charge is -2.44. The first-order valence-electron chi connectivity index (χ1n) is 16.3. The highest BCUT2D eigenvalue weighted by Gasteiger charge is 2.38. The van der Waals surface area contributed by atoms with E-state index in [-0.39, 0.29) is 51.8 Å². The second-order valence-corrected chi connectivity index (χ2v) is 13.4. The van der Waals surface area contributed by atoms with Crippen molar-refractivity contribution in [1.82, 2.24) is 4.90 Å². The SMILES string of the molecule is COc1ccc([C@H](Cc2c(Cl)c[n+](O)cc2Cl)c2cc(CN(C(=O)O[C@H]3CN4CCC3CC4)c3ccccc3F)cc(C(=O)O)c2F)cc1OC. The summed E-state index contributed by atoms with van der Waals surface area (Å²) in [6, 6.07) is 13.2. The van der Waals surface area contributed by atoms with Gasteiger partial charge < -0.3 is 19.3 Å². The van der Waals surface area contributed by atoms with Crippen LogP contribution in [0.3, 0.4) is 0 Å². The Morgan fingerprint density at radius 3 is 2.29 bits per heavy atom. The predicted octanol–water partition coefficient (Wildman–Crippen LogP) is 7.12. The number of anilines is 1. The molecule has 0 spiro atoms. The number of carbonyl (C=O) groups is 2. The van der Waals surface area contributed by atoms with E-state index in [1.807, 2.05) is 0 Å². The van der Waals surface area contributed by atoms with Gasteiger partial charge in [0.25, 0.3) is 0 Å². The van der Waals surface area contributed by atoms with Crippen LogP contribution in [-0.2, 0) is 17.7 Å². The van der Waals surface area contributed by atoms with Crippen molar-refractivity contribution in [2.75, 3.05) is 38.8 Å². The molecule has 7 rings (SSSR count). The van der Waals surface area contributed by atoms with Crippen LogP contribution in [0.25, 0.3) is 0 Å². The largest absolute Gasteiger partial charge is 0.493 e. The molecule has 3 aliphatic heterocycles. The summed E-state index contributed by atoms with van der Waals surface area (Å²) < 4.78 is 49.4. The van der Waals surface area contributed by atoms with Crippen LogP contribution >= 0.6 is 23.2 Å². The van der Waals surface area contributed by atoms with Gasteiger partial charge in [-0.3, -0.25) is 15.0 Å². The number of rotatable bonds is 11. The molecule has 4 aromatic rings. The first kappa shape index (κ1) is 36.2.